The summed E-state index contributed by atoms with van der Waals surface area (Å²) in [5, 5.41) is 6.86. The van der Waals surface area contributed by atoms with Crippen LogP contribution in [0.5, 0.6) is 0 Å². The van der Waals surface area contributed by atoms with Crippen molar-refractivity contribution >= 4 is 33.0 Å². The second kappa shape index (κ2) is 5.53. The number of benzene rings is 2. The third kappa shape index (κ3) is 2.18. The van der Waals surface area contributed by atoms with E-state index in [0.717, 1.165) is 29.5 Å². The van der Waals surface area contributed by atoms with Crippen LogP contribution in [-0.4, -0.2) is 40.9 Å². The lowest BCUT2D eigenvalue weighted by Crippen LogP contribution is -2.36. The zero-order valence-electron chi connectivity index (χ0n) is 13.6. The Balaban J connectivity index is 1.91. The Morgan fingerprint density at radius 3 is 2.72 bits per heavy atom. The number of aromatic nitrogens is 3. The molecule has 6 heteroatoms. The summed E-state index contributed by atoms with van der Waals surface area (Å²) in [6.45, 7) is 3.06. The molecular weight excluding hydrogens is 316 g/mol. The summed E-state index contributed by atoms with van der Waals surface area (Å²) in [7, 11) is 0. The number of hydrogen-bond acceptors (Lipinski definition) is 5. The van der Waals surface area contributed by atoms with Gasteiger partial charge in [0.2, 0.25) is 0 Å². The quantitative estimate of drug-likeness (QED) is 0.395. The SMILES string of the molecule is O=c1c2ccccc2nc2c3c(N4CCOCC4)cccc3cnn12. The van der Waals surface area contributed by atoms with Crippen molar-refractivity contribution in [3.63, 3.8) is 0 Å². The van der Waals surface area contributed by atoms with Crippen molar-refractivity contribution < 1.29 is 4.74 Å². The summed E-state index contributed by atoms with van der Waals surface area (Å²) in [6, 6.07) is 13.5. The number of anilines is 1. The van der Waals surface area contributed by atoms with Crippen LogP contribution in [0.25, 0.3) is 27.3 Å². The van der Waals surface area contributed by atoms with Crippen LogP contribution in [0.1, 0.15) is 0 Å². The third-order valence-electron chi connectivity index (χ3n) is 4.72. The maximum Gasteiger partial charge on any atom is 0.282 e. The summed E-state index contributed by atoms with van der Waals surface area (Å²) in [5.41, 5.74) is 2.23. The lowest BCUT2D eigenvalue weighted by molar-refractivity contribution is 0.123. The van der Waals surface area contributed by atoms with Gasteiger partial charge in [-0.3, -0.25) is 4.79 Å². The summed E-state index contributed by atoms with van der Waals surface area (Å²) >= 11 is 0. The number of ether oxygens (including phenoxy) is 1. The van der Waals surface area contributed by atoms with E-state index in [2.05, 4.69) is 16.1 Å². The average Bonchev–Trinajstić information content (AvgIpc) is 2.68. The smallest absolute Gasteiger partial charge is 0.282 e. The molecule has 2 aromatic carbocycles. The molecule has 1 aliphatic heterocycles. The summed E-state index contributed by atoms with van der Waals surface area (Å²) in [5.74, 6) is 0. The van der Waals surface area contributed by atoms with E-state index in [-0.39, 0.29) is 5.56 Å². The van der Waals surface area contributed by atoms with Crippen LogP contribution >= 0.6 is 0 Å². The zero-order valence-corrected chi connectivity index (χ0v) is 13.6. The highest BCUT2D eigenvalue weighted by Crippen LogP contribution is 2.29. The Morgan fingerprint density at radius 1 is 1.00 bits per heavy atom. The van der Waals surface area contributed by atoms with Crippen LogP contribution in [0.2, 0.25) is 0 Å². The first kappa shape index (κ1) is 14.4. The molecule has 124 valence electrons. The Morgan fingerprint density at radius 2 is 1.84 bits per heavy atom. The highest BCUT2D eigenvalue weighted by molar-refractivity contribution is 6.04. The number of fused-ring (bicyclic) bond motifs is 4. The first-order valence-corrected chi connectivity index (χ1v) is 8.35. The van der Waals surface area contributed by atoms with Crippen molar-refractivity contribution in [2.24, 2.45) is 0 Å². The number of rotatable bonds is 1. The molecule has 0 unspecified atom stereocenters. The molecule has 3 heterocycles. The van der Waals surface area contributed by atoms with E-state index in [4.69, 9.17) is 9.72 Å². The highest BCUT2D eigenvalue weighted by atomic mass is 16.5. The molecule has 0 N–H and O–H groups in total. The van der Waals surface area contributed by atoms with E-state index >= 15 is 0 Å². The van der Waals surface area contributed by atoms with Gasteiger partial charge in [-0.1, -0.05) is 24.3 Å². The van der Waals surface area contributed by atoms with Crippen molar-refractivity contribution in [1.82, 2.24) is 14.6 Å². The van der Waals surface area contributed by atoms with Crippen molar-refractivity contribution in [1.29, 1.82) is 0 Å². The predicted octanol–water partition coefficient (Wildman–Crippen LogP) is 2.23. The Hall–Kier alpha value is -2.99. The minimum atomic E-state index is -0.140. The van der Waals surface area contributed by atoms with Gasteiger partial charge in [-0.15, -0.1) is 0 Å². The molecule has 0 saturated carbocycles. The van der Waals surface area contributed by atoms with Gasteiger partial charge in [-0.25, -0.2) is 4.98 Å². The summed E-state index contributed by atoms with van der Waals surface area (Å²) in [6.07, 6.45) is 1.74. The topological polar surface area (TPSA) is 59.7 Å². The third-order valence-corrected chi connectivity index (χ3v) is 4.72. The molecular formula is C19H16N4O2. The van der Waals surface area contributed by atoms with Gasteiger partial charge in [0.05, 0.1) is 35.7 Å². The van der Waals surface area contributed by atoms with Gasteiger partial charge in [0.15, 0.2) is 5.65 Å². The van der Waals surface area contributed by atoms with Crippen molar-refractivity contribution in [3.05, 3.63) is 59.0 Å². The number of nitrogens with zero attached hydrogens (tertiary/aromatic N) is 4. The first-order valence-electron chi connectivity index (χ1n) is 8.35. The van der Waals surface area contributed by atoms with Crippen LogP contribution in [0.4, 0.5) is 5.69 Å². The fraction of sp³-hybridized carbons (Fsp3) is 0.211. The Labute approximate surface area is 143 Å². The van der Waals surface area contributed by atoms with E-state index in [1.165, 1.54) is 4.52 Å². The highest BCUT2D eigenvalue weighted by Gasteiger charge is 2.17. The van der Waals surface area contributed by atoms with Crippen molar-refractivity contribution in [3.8, 4) is 0 Å². The second-order valence-electron chi connectivity index (χ2n) is 6.15. The minimum Gasteiger partial charge on any atom is -0.378 e. The monoisotopic (exact) mass is 332 g/mol. The maximum absolute atomic E-state index is 12.8. The van der Waals surface area contributed by atoms with E-state index in [9.17, 15) is 4.79 Å². The fourth-order valence-electron chi connectivity index (χ4n) is 3.49. The van der Waals surface area contributed by atoms with Crippen LogP contribution in [0, 0.1) is 0 Å². The molecule has 2 aromatic heterocycles. The van der Waals surface area contributed by atoms with Crippen LogP contribution in [-0.2, 0) is 4.74 Å². The molecule has 25 heavy (non-hydrogen) atoms. The van der Waals surface area contributed by atoms with Crippen LogP contribution < -0.4 is 10.5 Å². The van der Waals surface area contributed by atoms with Gasteiger partial charge >= 0.3 is 0 Å². The molecule has 0 bridgehead atoms. The lowest BCUT2D eigenvalue weighted by atomic mass is 10.1. The average molecular weight is 332 g/mol. The molecule has 0 radical (unpaired) electrons. The number of hydrogen-bond donors (Lipinski definition) is 0. The van der Waals surface area contributed by atoms with Crippen LogP contribution in [0.3, 0.4) is 0 Å². The first-order chi connectivity index (χ1) is 12.3. The minimum absolute atomic E-state index is 0.140. The van der Waals surface area contributed by atoms with Gasteiger partial charge in [-0.05, 0) is 18.2 Å². The van der Waals surface area contributed by atoms with E-state index in [0.29, 0.717) is 29.8 Å². The van der Waals surface area contributed by atoms with Crippen molar-refractivity contribution in [2.45, 2.75) is 0 Å². The Kier molecular flexibility index (Phi) is 3.18. The molecule has 0 atom stereocenters. The van der Waals surface area contributed by atoms with Crippen molar-refractivity contribution in [2.75, 3.05) is 31.2 Å². The standard InChI is InChI=1S/C19H16N4O2/c24-19-14-5-1-2-6-15(14)21-18-17-13(12-20-23(18)19)4-3-7-16(17)22-8-10-25-11-9-22/h1-7,12H,8-11H2. The normalized spacial score (nSPS) is 15.3. The van der Waals surface area contributed by atoms with Gasteiger partial charge < -0.3 is 9.64 Å². The maximum atomic E-state index is 12.8. The molecule has 4 aromatic rings. The summed E-state index contributed by atoms with van der Waals surface area (Å²) < 4.78 is 6.88. The fourth-order valence-corrected chi connectivity index (χ4v) is 3.49. The van der Waals surface area contributed by atoms with Crippen LogP contribution in [0.15, 0.2) is 53.5 Å². The Bertz CT molecular complexity index is 1160. The predicted molar refractivity (Wildman–Crippen MR) is 97.3 cm³/mol. The van der Waals surface area contributed by atoms with Gasteiger partial charge in [0, 0.05) is 24.2 Å². The molecule has 6 nitrogen and oxygen atoms in total. The number of para-hydroxylation sites is 1. The van der Waals surface area contributed by atoms with Gasteiger partial charge in [-0.2, -0.15) is 9.61 Å². The molecule has 1 fully saturated rings. The van der Waals surface area contributed by atoms with E-state index < -0.39 is 0 Å². The zero-order chi connectivity index (χ0) is 16.8. The molecule has 5 rings (SSSR count). The summed E-state index contributed by atoms with van der Waals surface area (Å²) in [4.78, 5) is 19.9. The van der Waals surface area contributed by atoms with Gasteiger partial charge in [0.1, 0.15) is 0 Å². The largest absolute Gasteiger partial charge is 0.378 e. The molecule has 0 aliphatic carbocycles. The van der Waals surface area contributed by atoms with E-state index in [1.807, 2.05) is 30.3 Å². The number of morpholine rings is 1. The lowest BCUT2D eigenvalue weighted by Gasteiger charge is -2.30. The van der Waals surface area contributed by atoms with Gasteiger partial charge in [0.25, 0.3) is 5.56 Å². The molecule has 1 saturated heterocycles. The molecule has 0 spiro atoms. The van der Waals surface area contributed by atoms with E-state index in [1.54, 1.807) is 12.3 Å². The molecule has 0 amide bonds. The second-order valence-corrected chi connectivity index (χ2v) is 6.15. The molecule has 1 aliphatic rings.